The molecule has 2 nitrogen and oxygen atoms in total. The van der Waals surface area contributed by atoms with Gasteiger partial charge in [0.1, 0.15) is 5.82 Å². The Hall–Kier alpha value is -1.07. The highest BCUT2D eigenvalue weighted by Crippen LogP contribution is 2.29. The van der Waals surface area contributed by atoms with Crippen LogP contribution in [0.4, 0.5) is 17.6 Å². The highest BCUT2D eigenvalue weighted by atomic mass is 19.3. The molecule has 0 amide bonds. The second-order valence-electron chi connectivity index (χ2n) is 2.85. The van der Waals surface area contributed by atoms with Crippen LogP contribution in [0.2, 0.25) is 0 Å². The number of halogens is 4. The molecule has 0 aliphatic rings. The molecular formula is C8H10F4N2. The summed E-state index contributed by atoms with van der Waals surface area (Å²) in [4.78, 5) is 3.60. The van der Waals surface area contributed by atoms with Crippen molar-refractivity contribution in [3.05, 3.63) is 18.2 Å². The van der Waals surface area contributed by atoms with E-state index in [0.717, 1.165) is 12.4 Å². The number of imidazole rings is 1. The average Bonchev–Trinajstić information content (AvgIpc) is 2.53. The molecule has 0 atom stereocenters. The van der Waals surface area contributed by atoms with Gasteiger partial charge in [-0.1, -0.05) is 6.92 Å². The van der Waals surface area contributed by atoms with Crippen molar-refractivity contribution in [1.82, 2.24) is 9.55 Å². The summed E-state index contributed by atoms with van der Waals surface area (Å²) in [6, 6.07) is -4.17. The van der Waals surface area contributed by atoms with Crippen molar-refractivity contribution in [3.63, 3.8) is 0 Å². The summed E-state index contributed by atoms with van der Waals surface area (Å²) in [6.45, 7) is 1.76. The molecule has 0 fully saturated rings. The fraction of sp³-hybridized carbons (Fsp3) is 0.625. The molecule has 0 saturated carbocycles. The molecule has 1 rings (SSSR count). The summed E-state index contributed by atoms with van der Waals surface area (Å²) in [5, 5.41) is 0. The molecule has 14 heavy (non-hydrogen) atoms. The molecule has 0 saturated heterocycles. The third-order valence-electron chi connectivity index (χ3n) is 1.77. The molecule has 80 valence electrons. The van der Waals surface area contributed by atoms with Gasteiger partial charge in [-0.25, -0.2) is 13.8 Å². The minimum atomic E-state index is -4.17. The van der Waals surface area contributed by atoms with Gasteiger partial charge in [0.05, 0.1) is 0 Å². The lowest BCUT2D eigenvalue weighted by atomic mass is 10.3. The first-order valence-electron chi connectivity index (χ1n) is 4.18. The third-order valence-corrected chi connectivity index (χ3v) is 1.77. The minimum Gasteiger partial charge on any atom is -0.270 e. The van der Waals surface area contributed by atoms with Gasteiger partial charge in [-0.3, -0.25) is 4.57 Å². The number of rotatable bonds is 4. The topological polar surface area (TPSA) is 17.8 Å². The average molecular weight is 210 g/mol. The van der Waals surface area contributed by atoms with Crippen LogP contribution in [0, 0.1) is 0 Å². The van der Waals surface area contributed by atoms with E-state index in [9.17, 15) is 17.6 Å². The number of aromatic nitrogens is 2. The van der Waals surface area contributed by atoms with E-state index < -0.39 is 12.5 Å². The Balaban J connectivity index is 2.99. The van der Waals surface area contributed by atoms with Gasteiger partial charge in [0.15, 0.2) is 0 Å². The zero-order chi connectivity index (χ0) is 10.8. The van der Waals surface area contributed by atoms with Gasteiger partial charge >= 0.3 is 12.5 Å². The van der Waals surface area contributed by atoms with Crippen LogP contribution in [0.5, 0.6) is 0 Å². The summed E-state index contributed by atoms with van der Waals surface area (Å²) < 4.78 is 50.0. The van der Waals surface area contributed by atoms with E-state index in [1.54, 1.807) is 6.92 Å². The molecular weight excluding hydrogens is 200 g/mol. The normalized spacial score (nSPS) is 12.4. The van der Waals surface area contributed by atoms with Crippen LogP contribution in [0.3, 0.4) is 0 Å². The van der Waals surface area contributed by atoms with Crippen molar-refractivity contribution < 1.29 is 17.6 Å². The van der Waals surface area contributed by atoms with Gasteiger partial charge in [0, 0.05) is 18.8 Å². The van der Waals surface area contributed by atoms with Crippen LogP contribution in [0.1, 0.15) is 19.2 Å². The number of aryl methyl sites for hydroxylation is 1. The Labute approximate surface area is 78.6 Å². The highest BCUT2D eigenvalue weighted by molar-refractivity contribution is 4.96. The van der Waals surface area contributed by atoms with E-state index in [2.05, 4.69) is 4.98 Å². The van der Waals surface area contributed by atoms with Crippen LogP contribution in [-0.2, 0) is 12.5 Å². The fourth-order valence-corrected chi connectivity index (χ4v) is 1.12. The Morgan fingerprint density at radius 2 is 2.14 bits per heavy atom. The monoisotopic (exact) mass is 210 g/mol. The van der Waals surface area contributed by atoms with E-state index >= 15 is 0 Å². The lowest BCUT2D eigenvalue weighted by Gasteiger charge is -2.18. The minimum absolute atomic E-state index is 0.0159. The summed E-state index contributed by atoms with van der Waals surface area (Å²) in [7, 11) is 0. The summed E-state index contributed by atoms with van der Waals surface area (Å²) in [6.07, 6.45) is -0.906. The molecule has 6 heteroatoms. The maximum atomic E-state index is 12.9. The van der Waals surface area contributed by atoms with E-state index in [-0.39, 0.29) is 16.8 Å². The van der Waals surface area contributed by atoms with Crippen molar-refractivity contribution in [2.75, 3.05) is 0 Å². The molecule has 1 heterocycles. The smallest absolute Gasteiger partial charge is 0.270 e. The lowest BCUT2D eigenvalue weighted by molar-refractivity contribution is -0.190. The second-order valence-corrected chi connectivity index (χ2v) is 2.85. The molecule has 0 spiro atoms. The van der Waals surface area contributed by atoms with Crippen LogP contribution in [0.15, 0.2) is 12.4 Å². The van der Waals surface area contributed by atoms with Crippen LogP contribution < -0.4 is 0 Å². The summed E-state index contributed by atoms with van der Waals surface area (Å²) in [5.74, 6) is -0.0159. The van der Waals surface area contributed by atoms with Gasteiger partial charge in [0.25, 0.3) is 0 Å². The molecule has 0 N–H and O–H groups in total. The molecule has 0 radical (unpaired) electrons. The number of hydrogen-bond donors (Lipinski definition) is 0. The van der Waals surface area contributed by atoms with Crippen LogP contribution in [-0.4, -0.2) is 16.0 Å². The zero-order valence-electron chi connectivity index (χ0n) is 7.55. The number of nitrogens with zero attached hydrogens (tertiary/aromatic N) is 2. The lowest BCUT2D eigenvalue weighted by Crippen LogP contribution is -2.32. The van der Waals surface area contributed by atoms with Crippen molar-refractivity contribution in [3.8, 4) is 0 Å². The van der Waals surface area contributed by atoms with Crippen LogP contribution >= 0.6 is 0 Å². The fourth-order valence-electron chi connectivity index (χ4n) is 1.12. The molecule has 0 aliphatic heterocycles. The Morgan fingerprint density at radius 3 is 2.64 bits per heavy atom. The first kappa shape index (κ1) is 11.0. The van der Waals surface area contributed by atoms with E-state index in [4.69, 9.17) is 0 Å². The van der Waals surface area contributed by atoms with Gasteiger partial charge in [-0.05, 0) is 6.42 Å². The van der Waals surface area contributed by atoms with Crippen molar-refractivity contribution >= 4 is 0 Å². The molecule has 0 aromatic carbocycles. The molecule has 0 aliphatic carbocycles. The second kappa shape index (κ2) is 3.98. The van der Waals surface area contributed by atoms with Gasteiger partial charge in [0.2, 0.25) is 0 Å². The quantitative estimate of drug-likeness (QED) is 0.698. The maximum absolute atomic E-state index is 12.9. The molecule has 0 bridgehead atoms. The molecule has 0 unspecified atom stereocenters. The first-order valence-corrected chi connectivity index (χ1v) is 4.18. The Bertz CT molecular complexity index is 295. The summed E-state index contributed by atoms with van der Waals surface area (Å²) in [5.41, 5.74) is 0. The van der Waals surface area contributed by atoms with Crippen molar-refractivity contribution in [2.45, 2.75) is 32.2 Å². The van der Waals surface area contributed by atoms with E-state index in [1.807, 2.05) is 0 Å². The standard InChI is InChI=1S/C8H10F4N2/c1-2-3-6-13-4-5-14(6)8(11,12)7(9)10/h4-5,7H,2-3H2,1H3. The van der Waals surface area contributed by atoms with Crippen LogP contribution in [0.25, 0.3) is 0 Å². The predicted molar refractivity (Wildman–Crippen MR) is 42.4 cm³/mol. The van der Waals surface area contributed by atoms with Gasteiger partial charge in [-0.15, -0.1) is 0 Å². The van der Waals surface area contributed by atoms with E-state index in [1.165, 1.54) is 0 Å². The van der Waals surface area contributed by atoms with Crippen molar-refractivity contribution in [1.29, 1.82) is 0 Å². The number of alkyl halides is 4. The summed E-state index contributed by atoms with van der Waals surface area (Å²) >= 11 is 0. The van der Waals surface area contributed by atoms with Gasteiger partial charge in [-0.2, -0.15) is 8.78 Å². The largest absolute Gasteiger partial charge is 0.390 e. The highest BCUT2D eigenvalue weighted by Gasteiger charge is 2.43. The predicted octanol–water partition coefficient (Wildman–Crippen LogP) is 2.65. The Kier molecular flexibility index (Phi) is 3.13. The number of hydrogen-bond acceptors (Lipinski definition) is 1. The first-order chi connectivity index (χ1) is 6.50. The molecule has 1 aromatic heterocycles. The van der Waals surface area contributed by atoms with E-state index in [0.29, 0.717) is 6.42 Å². The van der Waals surface area contributed by atoms with Gasteiger partial charge < -0.3 is 0 Å². The van der Waals surface area contributed by atoms with Crippen molar-refractivity contribution in [2.24, 2.45) is 0 Å². The Morgan fingerprint density at radius 1 is 1.50 bits per heavy atom. The zero-order valence-corrected chi connectivity index (χ0v) is 7.55. The maximum Gasteiger partial charge on any atom is 0.390 e. The SMILES string of the molecule is CCCc1nccn1C(F)(F)C(F)F. The molecule has 1 aromatic rings. The third kappa shape index (κ3) is 1.88.